The quantitative estimate of drug-likeness (QED) is 0.471. The van der Waals surface area contributed by atoms with Crippen molar-refractivity contribution >= 4 is 29.3 Å². The van der Waals surface area contributed by atoms with Crippen LogP contribution in [0, 0.1) is 29.2 Å². The Morgan fingerprint density at radius 3 is 2.21 bits per heavy atom. The molecule has 1 aliphatic heterocycles. The number of carbonyl (C=O) groups is 2. The molecule has 0 radical (unpaired) electrons. The van der Waals surface area contributed by atoms with Gasteiger partial charge >= 0.3 is 0 Å². The molecule has 0 aromatic heterocycles. The largest absolute Gasteiger partial charge is 0.340 e. The predicted molar refractivity (Wildman–Crippen MR) is 122 cm³/mol. The van der Waals surface area contributed by atoms with Crippen molar-refractivity contribution in [3.05, 3.63) is 59.2 Å². The summed E-state index contributed by atoms with van der Waals surface area (Å²) in [5, 5.41) is 5.65. The third kappa shape index (κ3) is 5.72. The van der Waals surface area contributed by atoms with Gasteiger partial charge in [-0.25, -0.2) is 17.6 Å². The van der Waals surface area contributed by atoms with Crippen LogP contribution < -0.4 is 10.6 Å². The molecule has 2 amide bonds. The number of carbonyl (C=O) groups excluding carboxylic acids is 2. The minimum atomic E-state index is -1.62. The standard InChI is InChI=1S/C24H25F4N3O2S/c25-18-6-3-15(23(32)30-16-12-19(26)22(28)20(27)13-16)11-21(18)34-17-4-1-14(2-5-17)24(33)31-9-7-29-8-10-31/h3,6,11-14,17,29H,1-2,4-5,7-10H2,(H,30,32). The molecule has 0 atom stereocenters. The van der Waals surface area contributed by atoms with Crippen LogP contribution in [0.5, 0.6) is 0 Å². The Morgan fingerprint density at radius 1 is 0.912 bits per heavy atom. The van der Waals surface area contributed by atoms with E-state index in [0.29, 0.717) is 17.0 Å². The smallest absolute Gasteiger partial charge is 0.255 e. The van der Waals surface area contributed by atoms with Crippen LogP contribution in [0.15, 0.2) is 35.2 Å². The number of halogens is 4. The van der Waals surface area contributed by atoms with Gasteiger partial charge in [-0.15, -0.1) is 11.8 Å². The number of rotatable bonds is 5. The fourth-order valence-electron chi connectivity index (χ4n) is 4.32. The van der Waals surface area contributed by atoms with Crippen LogP contribution in [0.1, 0.15) is 36.0 Å². The van der Waals surface area contributed by atoms with Gasteiger partial charge in [0.15, 0.2) is 17.5 Å². The van der Waals surface area contributed by atoms with Gasteiger partial charge in [0.25, 0.3) is 5.91 Å². The Balaban J connectivity index is 1.36. The first-order chi connectivity index (χ1) is 16.3. The molecule has 34 heavy (non-hydrogen) atoms. The first-order valence-electron chi connectivity index (χ1n) is 11.2. The normalized spacial score (nSPS) is 20.8. The molecule has 182 valence electrons. The van der Waals surface area contributed by atoms with Gasteiger partial charge in [-0.3, -0.25) is 9.59 Å². The zero-order valence-corrected chi connectivity index (χ0v) is 19.2. The van der Waals surface area contributed by atoms with Gasteiger partial charge in [0.1, 0.15) is 5.82 Å². The zero-order chi connectivity index (χ0) is 24.2. The van der Waals surface area contributed by atoms with E-state index >= 15 is 0 Å². The minimum Gasteiger partial charge on any atom is -0.340 e. The van der Waals surface area contributed by atoms with E-state index in [0.717, 1.165) is 51.9 Å². The van der Waals surface area contributed by atoms with E-state index in [2.05, 4.69) is 10.6 Å². The van der Waals surface area contributed by atoms with Crippen molar-refractivity contribution in [2.45, 2.75) is 35.8 Å². The lowest BCUT2D eigenvalue weighted by atomic mass is 9.87. The summed E-state index contributed by atoms with van der Waals surface area (Å²) in [5.74, 6) is -5.44. The topological polar surface area (TPSA) is 61.4 Å². The number of nitrogens with one attached hydrogen (secondary N) is 2. The molecule has 10 heteroatoms. The van der Waals surface area contributed by atoms with Crippen molar-refractivity contribution in [3.63, 3.8) is 0 Å². The van der Waals surface area contributed by atoms with Gasteiger partial charge in [-0.1, -0.05) is 0 Å². The maximum absolute atomic E-state index is 14.5. The van der Waals surface area contributed by atoms with Crippen LogP contribution in [0.25, 0.3) is 0 Å². The van der Waals surface area contributed by atoms with Crippen LogP contribution in [0.4, 0.5) is 23.2 Å². The summed E-state index contributed by atoms with van der Waals surface area (Å²) in [6, 6.07) is 5.19. The van der Waals surface area contributed by atoms with Crippen molar-refractivity contribution in [1.29, 1.82) is 0 Å². The van der Waals surface area contributed by atoms with Gasteiger partial charge in [-0.05, 0) is 43.9 Å². The third-order valence-corrected chi connectivity index (χ3v) is 7.55. The summed E-state index contributed by atoms with van der Waals surface area (Å²) in [4.78, 5) is 27.4. The molecule has 1 heterocycles. The maximum Gasteiger partial charge on any atom is 0.255 e. The number of hydrogen-bond acceptors (Lipinski definition) is 4. The molecule has 2 aliphatic rings. The lowest BCUT2D eigenvalue weighted by Gasteiger charge is -2.34. The summed E-state index contributed by atoms with van der Waals surface area (Å²) in [5.41, 5.74) is -0.135. The molecule has 2 N–H and O–H groups in total. The van der Waals surface area contributed by atoms with E-state index in [1.54, 1.807) is 0 Å². The van der Waals surface area contributed by atoms with Gasteiger partial charge in [0.05, 0.1) is 0 Å². The third-order valence-electron chi connectivity index (χ3n) is 6.18. The number of piperazine rings is 1. The fourth-order valence-corrected chi connectivity index (χ4v) is 5.56. The zero-order valence-electron chi connectivity index (χ0n) is 18.4. The van der Waals surface area contributed by atoms with Gasteiger partial charge < -0.3 is 15.5 Å². The highest BCUT2D eigenvalue weighted by Gasteiger charge is 2.30. The first-order valence-corrected chi connectivity index (χ1v) is 12.1. The van der Waals surface area contributed by atoms with E-state index in [-0.39, 0.29) is 28.3 Å². The van der Waals surface area contributed by atoms with Crippen LogP contribution >= 0.6 is 11.8 Å². The maximum atomic E-state index is 14.5. The Labute approximate surface area is 199 Å². The summed E-state index contributed by atoms with van der Waals surface area (Å²) in [7, 11) is 0. The Kier molecular flexibility index (Phi) is 7.77. The molecular formula is C24H25F4N3O2S. The van der Waals surface area contributed by atoms with Crippen LogP contribution in [0.2, 0.25) is 0 Å². The van der Waals surface area contributed by atoms with E-state index in [1.165, 1.54) is 30.0 Å². The lowest BCUT2D eigenvalue weighted by Crippen LogP contribution is -2.48. The van der Waals surface area contributed by atoms with Crippen LogP contribution in [-0.4, -0.2) is 48.1 Å². The number of nitrogens with zero attached hydrogens (tertiary/aromatic N) is 1. The predicted octanol–water partition coefficient (Wildman–Crippen LogP) is 4.58. The second-order valence-electron chi connectivity index (χ2n) is 8.52. The van der Waals surface area contributed by atoms with Crippen LogP contribution in [0.3, 0.4) is 0 Å². The molecule has 2 aromatic rings. The highest BCUT2D eigenvalue weighted by Crippen LogP contribution is 2.38. The Morgan fingerprint density at radius 2 is 1.56 bits per heavy atom. The molecule has 0 spiro atoms. The molecule has 0 unspecified atom stereocenters. The monoisotopic (exact) mass is 495 g/mol. The van der Waals surface area contributed by atoms with Gasteiger partial charge in [-0.2, -0.15) is 0 Å². The first kappa shape index (κ1) is 24.5. The molecule has 2 aromatic carbocycles. The number of anilines is 1. The number of amides is 2. The van der Waals surface area contributed by atoms with Crippen molar-refractivity contribution < 1.29 is 27.2 Å². The average Bonchev–Trinajstić information content (AvgIpc) is 2.84. The SMILES string of the molecule is O=C(Nc1cc(F)c(F)c(F)c1)c1ccc(F)c(SC2CCC(C(=O)N3CCNCC3)CC2)c1. The summed E-state index contributed by atoms with van der Waals surface area (Å²) in [6.45, 7) is 3.08. The van der Waals surface area contributed by atoms with E-state index in [1.807, 2.05) is 4.90 Å². The van der Waals surface area contributed by atoms with E-state index < -0.39 is 29.2 Å². The Hall–Kier alpha value is -2.59. The number of benzene rings is 2. The van der Waals surface area contributed by atoms with E-state index in [4.69, 9.17) is 0 Å². The van der Waals surface area contributed by atoms with Crippen molar-refractivity contribution in [3.8, 4) is 0 Å². The molecule has 1 saturated carbocycles. The fraction of sp³-hybridized carbons (Fsp3) is 0.417. The molecule has 0 bridgehead atoms. The molecule has 1 aliphatic carbocycles. The number of thioether (sulfide) groups is 1. The average molecular weight is 496 g/mol. The molecular weight excluding hydrogens is 470 g/mol. The molecule has 2 fully saturated rings. The molecule has 1 saturated heterocycles. The highest BCUT2D eigenvalue weighted by molar-refractivity contribution is 8.00. The van der Waals surface area contributed by atoms with Crippen molar-refractivity contribution in [2.24, 2.45) is 5.92 Å². The molecule has 4 rings (SSSR count). The number of hydrogen-bond donors (Lipinski definition) is 2. The van der Waals surface area contributed by atoms with Gasteiger partial charge in [0, 0.05) is 65.6 Å². The summed E-state index contributed by atoms with van der Waals surface area (Å²) in [6.07, 6.45) is 3.00. The highest BCUT2D eigenvalue weighted by atomic mass is 32.2. The van der Waals surface area contributed by atoms with Gasteiger partial charge in [0.2, 0.25) is 5.91 Å². The Bertz CT molecular complexity index is 1050. The van der Waals surface area contributed by atoms with Crippen LogP contribution in [-0.2, 0) is 4.79 Å². The second kappa shape index (κ2) is 10.8. The second-order valence-corrected chi connectivity index (χ2v) is 9.86. The molecule has 5 nitrogen and oxygen atoms in total. The lowest BCUT2D eigenvalue weighted by molar-refractivity contribution is -0.137. The van der Waals surface area contributed by atoms with Crippen molar-refractivity contribution in [1.82, 2.24) is 10.2 Å². The summed E-state index contributed by atoms with van der Waals surface area (Å²) < 4.78 is 54.4. The van der Waals surface area contributed by atoms with E-state index in [9.17, 15) is 27.2 Å². The van der Waals surface area contributed by atoms with Crippen molar-refractivity contribution in [2.75, 3.05) is 31.5 Å². The summed E-state index contributed by atoms with van der Waals surface area (Å²) >= 11 is 1.33. The minimum absolute atomic E-state index is 0.00610.